The van der Waals surface area contributed by atoms with Gasteiger partial charge in [0.2, 0.25) is 0 Å². The molecule has 1 saturated heterocycles. The zero-order chi connectivity index (χ0) is 18.0. The van der Waals surface area contributed by atoms with E-state index in [1.807, 2.05) is 0 Å². The molecule has 1 fully saturated rings. The summed E-state index contributed by atoms with van der Waals surface area (Å²) >= 11 is 6.12. The summed E-state index contributed by atoms with van der Waals surface area (Å²) in [5.41, 5.74) is 0.622. The largest absolute Gasteiger partial charge is 0.330 e. The van der Waals surface area contributed by atoms with Gasteiger partial charge in [0.15, 0.2) is 9.84 Å². The molecular formula is C18H17ClFNO3S. The van der Waals surface area contributed by atoms with Crippen molar-refractivity contribution in [3.8, 4) is 0 Å². The number of carbonyl (C=O) groups excluding carboxylic acids is 1. The van der Waals surface area contributed by atoms with E-state index in [0.29, 0.717) is 12.0 Å². The molecule has 3 rings (SSSR count). The molecule has 4 nitrogen and oxygen atoms in total. The number of rotatable bonds is 4. The number of sulfone groups is 1. The highest BCUT2D eigenvalue weighted by atomic mass is 35.5. The summed E-state index contributed by atoms with van der Waals surface area (Å²) in [7, 11) is -3.19. The summed E-state index contributed by atoms with van der Waals surface area (Å²) in [5.74, 6) is -0.907. The van der Waals surface area contributed by atoms with E-state index in [1.54, 1.807) is 42.5 Å². The SMILES string of the molecule is O=C(c1ccccc1Cl)N(Cc1ccccc1F)C1CCS(=O)(=O)C1. The molecule has 0 bridgehead atoms. The van der Waals surface area contributed by atoms with Crippen LogP contribution >= 0.6 is 11.6 Å². The zero-order valence-corrected chi connectivity index (χ0v) is 14.9. The molecule has 0 saturated carbocycles. The van der Waals surface area contributed by atoms with Gasteiger partial charge in [-0.3, -0.25) is 4.79 Å². The first-order chi connectivity index (χ1) is 11.9. The third-order valence-corrected chi connectivity index (χ3v) is 6.39. The Hall–Kier alpha value is -1.92. The number of hydrogen-bond donors (Lipinski definition) is 0. The minimum Gasteiger partial charge on any atom is -0.330 e. The molecule has 0 aliphatic carbocycles. The van der Waals surface area contributed by atoms with Crippen molar-refractivity contribution < 1.29 is 17.6 Å². The number of nitrogens with zero attached hydrogens (tertiary/aromatic N) is 1. The molecule has 1 unspecified atom stereocenters. The lowest BCUT2D eigenvalue weighted by Crippen LogP contribution is -2.41. The molecule has 25 heavy (non-hydrogen) atoms. The molecule has 7 heteroatoms. The van der Waals surface area contributed by atoms with Gasteiger partial charge in [-0.15, -0.1) is 0 Å². The molecule has 0 radical (unpaired) electrons. The molecule has 1 atom stereocenters. The molecule has 0 N–H and O–H groups in total. The van der Waals surface area contributed by atoms with Gasteiger partial charge in [-0.2, -0.15) is 0 Å². The normalized spacial score (nSPS) is 18.9. The Balaban J connectivity index is 1.96. The molecule has 1 heterocycles. The zero-order valence-electron chi connectivity index (χ0n) is 13.4. The molecule has 1 aliphatic rings. The summed E-state index contributed by atoms with van der Waals surface area (Å²) in [6.07, 6.45) is 0.340. The van der Waals surface area contributed by atoms with Crippen molar-refractivity contribution in [2.24, 2.45) is 0 Å². The van der Waals surface area contributed by atoms with Crippen LogP contribution in [-0.2, 0) is 16.4 Å². The van der Waals surface area contributed by atoms with E-state index in [4.69, 9.17) is 11.6 Å². The van der Waals surface area contributed by atoms with Gasteiger partial charge < -0.3 is 4.90 Å². The molecular weight excluding hydrogens is 365 g/mol. The van der Waals surface area contributed by atoms with Gasteiger partial charge in [-0.05, 0) is 24.6 Å². The Morgan fingerprint density at radius 3 is 2.48 bits per heavy atom. The number of halogens is 2. The van der Waals surface area contributed by atoms with Crippen LogP contribution in [0.1, 0.15) is 22.3 Å². The fourth-order valence-corrected chi connectivity index (χ4v) is 4.93. The summed E-state index contributed by atoms with van der Waals surface area (Å²) in [6, 6.07) is 12.2. The second kappa shape index (κ2) is 7.14. The van der Waals surface area contributed by atoms with Gasteiger partial charge >= 0.3 is 0 Å². The predicted octanol–water partition coefficient (Wildman–Crippen LogP) is 3.31. The van der Waals surface area contributed by atoms with Gasteiger partial charge in [0.05, 0.1) is 22.1 Å². The highest BCUT2D eigenvalue weighted by molar-refractivity contribution is 7.91. The Bertz CT molecular complexity index is 901. The molecule has 1 amide bonds. The summed E-state index contributed by atoms with van der Waals surface area (Å²) in [5, 5.41) is 0.284. The van der Waals surface area contributed by atoms with Crippen molar-refractivity contribution >= 4 is 27.3 Å². The second-order valence-corrected chi connectivity index (χ2v) is 8.70. The lowest BCUT2D eigenvalue weighted by Gasteiger charge is -2.29. The van der Waals surface area contributed by atoms with Gasteiger partial charge in [0, 0.05) is 18.2 Å². The van der Waals surface area contributed by atoms with Crippen LogP contribution in [0.25, 0.3) is 0 Å². The second-order valence-electron chi connectivity index (χ2n) is 6.06. The fourth-order valence-electron chi connectivity index (χ4n) is 2.99. The Labute approximate surface area is 151 Å². The van der Waals surface area contributed by atoms with Crippen molar-refractivity contribution in [2.75, 3.05) is 11.5 Å². The number of benzene rings is 2. The van der Waals surface area contributed by atoms with Gasteiger partial charge in [-0.1, -0.05) is 41.9 Å². The summed E-state index contributed by atoms with van der Waals surface area (Å²) < 4.78 is 37.8. The smallest absolute Gasteiger partial charge is 0.255 e. The lowest BCUT2D eigenvalue weighted by molar-refractivity contribution is 0.0679. The minimum absolute atomic E-state index is 0.00306. The number of carbonyl (C=O) groups is 1. The maximum atomic E-state index is 14.1. The molecule has 0 aromatic heterocycles. The van der Waals surface area contributed by atoms with Crippen LogP contribution in [0.4, 0.5) is 4.39 Å². The van der Waals surface area contributed by atoms with E-state index in [-0.39, 0.29) is 28.6 Å². The van der Waals surface area contributed by atoms with Crippen molar-refractivity contribution in [3.63, 3.8) is 0 Å². The van der Waals surface area contributed by atoms with E-state index in [2.05, 4.69) is 0 Å². The third-order valence-electron chi connectivity index (χ3n) is 4.31. The van der Waals surface area contributed by atoms with Crippen LogP contribution in [0.2, 0.25) is 5.02 Å². The first kappa shape index (κ1) is 17.9. The number of amides is 1. The van der Waals surface area contributed by atoms with Crippen LogP contribution in [-0.4, -0.2) is 36.8 Å². The fraction of sp³-hybridized carbons (Fsp3) is 0.278. The van der Waals surface area contributed by atoms with Crippen LogP contribution in [0, 0.1) is 5.82 Å². The number of hydrogen-bond acceptors (Lipinski definition) is 3. The van der Waals surface area contributed by atoms with E-state index >= 15 is 0 Å². The standard InChI is InChI=1S/C18H17ClFNO3S/c19-16-7-3-2-6-15(16)18(22)21(14-9-10-25(23,24)12-14)11-13-5-1-4-8-17(13)20/h1-8,14H,9-12H2. The van der Waals surface area contributed by atoms with E-state index in [9.17, 15) is 17.6 Å². The first-order valence-electron chi connectivity index (χ1n) is 7.87. The van der Waals surface area contributed by atoms with Gasteiger partial charge in [0.25, 0.3) is 5.91 Å². The Kier molecular flexibility index (Phi) is 5.11. The van der Waals surface area contributed by atoms with E-state index in [0.717, 1.165) is 0 Å². The monoisotopic (exact) mass is 381 g/mol. The quantitative estimate of drug-likeness (QED) is 0.816. The molecule has 1 aliphatic heterocycles. The first-order valence-corrected chi connectivity index (χ1v) is 10.1. The Morgan fingerprint density at radius 2 is 1.84 bits per heavy atom. The maximum absolute atomic E-state index is 14.1. The highest BCUT2D eigenvalue weighted by Gasteiger charge is 2.35. The van der Waals surface area contributed by atoms with Crippen LogP contribution in [0.5, 0.6) is 0 Å². The maximum Gasteiger partial charge on any atom is 0.255 e. The average Bonchev–Trinajstić information content (AvgIpc) is 2.94. The lowest BCUT2D eigenvalue weighted by atomic mass is 10.1. The van der Waals surface area contributed by atoms with Gasteiger partial charge in [-0.25, -0.2) is 12.8 Å². The van der Waals surface area contributed by atoms with Crippen molar-refractivity contribution in [1.82, 2.24) is 4.90 Å². The Morgan fingerprint density at radius 1 is 1.16 bits per heavy atom. The molecule has 2 aromatic carbocycles. The van der Waals surface area contributed by atoms with Crippen LogP contribution < -0.4 is 0 Å². The van der Waals surface area contributed by atoms with Gasteiger partial charge in [0.1, 0.15) is 5.82 Å². The van der Waals surface area contributed by atoms with E-state index < -0.39 is 27.6 Å². The summed E-state index contributed by atoms with van der Waals surface area (Å²) in [6.45, 7) is -0.00306. The van der Waals surface area contributed by atoms with Crippen molar-refractivity contribution in [1.29, 1.82) is 0 Å². The highest BCUT2D eigenvalue weighted by Crippen LogP contribution is 2.25. The summed E-state index contributed by atoms with van der Waals surface area (Å²) in [4.78, 5) is 14.4. The molecule has 0 spiro atoms. The van der Waals surface area contributed by atoms with Crippen LogP contribution in [0.3, 0.4) is 0 Å². The van der Waals surface area contributed by atoms with E-state index in [1.165, 1.54) is 11.0 Å². The van der Waals surface area contributed by atoms with Crippen molar-refractivity contribution in [3.05, 3.63) is 70.5 Å². The molecule has 2 aromatic rings. The molecule has 132 valence electrons. The topological polar surface area (TPSA) is 54.5 Å². The van der Waals surface area contributed by atoms with Crippen molar-refractivity contribution in [2.45, 2.75) is 19.0 Å². The minimum atomic E-state index is -3.19. The van der Waals surface area contributed by atoms with Crippen LogP contribution in [0.15, 0.2) is 48.5 Å². The third kappa shape index (κ3) is 4.02. The average molecular weight is 382 g/mol. The predicted molar refractivity (Wildman–Crippen MR) is 94.8 cm³/mol.